The molecule has 0 aliphatic rings. The Morgan fingerprint density at radius 1 is 0.773 bits per heavy atom. The number of carboxylic acid groups (broad SMARTS) is 2. The maximum atomic E-state index is 11.1. The number of aliphatic carboxylic acids is 2. The molecular weight excluding hydrogens is 280 g/mol. The van der Waals surface area contributed by atoms with Crippen LogP contribution in [0.15, 0.2) is 11.6 Å². The number of unbranched alkanes of at least 4 members (excludes halogenated alkanes) is 9. The molecule has 4 heteroatoms. The van der Waals surface area contributed by atoms with Crippen LogP contribution in [0.2, 0.25) is 0 Å². The lowest BCUT2D eigenvalue weighted by atomic mass is 10.0. The molecular formula is C18H32O4. The zero-order chi connectivity index (χ0) is 16.6. The van der Waals surface area contributed by atoms with Gasteiger partial charge in [0.25, 0.3) is 0 Å². The van der Waals surface area contributed by atoms with E-state index in [2.05, 4.69) is 6.92 Å². The smallest absolute Gasteiger partial charge is 0.331 e. The first-order chi connectivity index (χ1) is 10.6. The van der Waals surface area contributed by atoms with Crippen LogP contribution in [-0.2, 0) is 9.59 Å². The van der Waals surface area contributed by atoms with Gasteiger partial charge in [0.15, 0.2) is 0 Å². The van der Waals surface area contributed by atoms with E-state index in [1.54, 1.807) is 0 Å². The van der Waals surface area contributed by atoms with Crippen molar-refractivity contribution >= 4 is 11.9 Å². The van der Waals surface area contributed by atoms with Crippen molar-refractivity contribution in [3.8, 4) is 0 Å². The zero-order valence-corrected chi connectivity index (χ0v) is 14.0. The molecule has 0 aliphatic heterocycles. The van der Waals surface area contributed by atoms with Crippen molar-refractivity contribution in [2.75, 3.05) is 0 Å². The maximum absolute atomic E-state index is 11.1. The standard InChI is InChI=1S/C18H32O4/c1-2-3-10-13-16(18(21)22)14-11-8-6-4-5-7-9-12-15-17(19)20/h13H,2-12,14-15H2,1H3,(H,19,20)(H,21,22). The second-order valence-corrected chi connectivity index (χ2v) is 5.90. The lowest BCUT2D eigenvalue weighted by molar-refractivity contribution is -0.137. The minimum absolute atomic E-state index is 0.280. The van der Waals surface area contributed by atoms with Gasteiger partial charge in [0.2, 0.25) is 0 Å². The molecule has 0 saturated carbocycles. The Morgan fingerprint density at radius 2 is 1.27 bits per heavy atom. The highest BCUT2D eigenvalue weighted by Gasteiger charge is 2.06. The lowest BCUT2D eigenvalue weighted by Crippen LogP contribution is -2.00. The van der Waals surface area contributed by atoms with Crippen LogP contribution < -0.4 is 0 Å². The van der Waals surface area contributed by atoms with Crippen LogP contribution in [0.5, 0.6) is 0 Å². The van der Waals surface area contributed by atoms with Crippen molar-refractivity contribution in [2.45, 2.75) is 90.4 Å². The van der Waals surface area contributed by atoms with Gasteiger partial charge in [0, 0.05) is 12.0 Å². The van der Waals surface area contributed by atoms with Crippen LogP contribution in [0.3, 0.4) is 0 Å². The van der Waals surface area contributed by atoms with Crippen molar-refractivity contribution in [2.24, 2.45) is 0 Å². The van der Waals surface area contributed by atoms with E-state index in [9.17, 15) is 9.59 Å². The summed E-state index contributed by atoms with van der Waals surface area (Å²) in [4.78, 5) is 21.4. The largest absolute Gasteiger partial charge is 0.481 e. The zero-order valence-electron chi connectivity index (χ0n) is 14.0. The Hall–Kier alpha value is -1.32. The second-order valence-electron chi connectivity index (χ2n) is 5.90. The molecule has 0 fully saturated rings. The predicted octanol–water partition coefficient (Wildman–Crippen LogP) is 5.17. The van der Waals surface area contributed by atoms with E-state index < -0.39 is 11.9 Å². The van der Waals surface area contributed by atoms with E-state index in [0.717, 1.165) is 70.6 Å². The molecule has 0 unspecified atom stereocenters. The summed E-state index contributed by atoms with van der Waals surface area (Å²) in [5.41, 5.74) is 0.571. The van der Waals surface area contributed by atoms with E-state index in [1.807, 2.05) is 6.08 Å². The summed E-state index contributed by atoms with van der Waals surface area (Å²) in [5.74, 6) is -1.48. The number of hydrogen-bond acceptors (Lipinski definition) is 2. The van der Waals surface area contributed by atoms with Gasteiger partial charge in [-0.3, -0.25) is 4.79 Å². The van der Waals surface area contributed by atoms with Crippen molar-refractivity contribution < 1.29 is 19.8 Å². The third-order valence-corrected chi connectivity index (χ3v) is 3.81. The predicted molar refractivity (Wildman–Crippen MR) is 89.0 cm³/mol. The number of carbonyl (C=O) groups is 2. The SMILES string of the molecule is CCCCC=C(CCCCCCCCCCC(=O)O)C(=O)O. The van der Waals surface area contributed by atoms with Crippen LogP contribution in [0.25, 0.3) is 0 Å². The molecule has 0 heterocycles. The van der Waals surface area contributed by atoms with Gasteiger partial charge in [-0.2, -0.15) is 0 Å². The molecule has 0 atom stereocenters. The summed E-state index contributed by atoms with van der Waals surface area (Å²) in [6.07, 6.45) is 14.2. The van der Waals surface area contributed by atoms with Gasteiger partial charge in [-0.05, 0) is 25.7 Å². The summed E-state index contributed by atoms with van der Waals surface area (Å²) in [7, 11) is 0. The first-order valence-electron chi connectivity index (χ1n) is 8.72. The van der Waals surface area contributed by atoms with Crippen LogP contribution in [0, 0.1) is 0 Å². The van der Waals surface area contributed by atoms with Crippen LogP contribution in [0.4, 0.5) is 0 Å². The van der Waals surface area contributed by atoms with Gasteiger partial charge in [-0.15, -0.1) is 0 Å². The van der Waals surface area contributed by atoms with Gasteiger partial charge in [0.1, 0.15) is 0 Å². The second kappa shape index (κ2) is 14.6. The highest BCUT2D eigenvalue weighted by Crippen LogP contribution is 2.14. The van der Waals surface area contributed by atoms with E-state index >= 15 is 0 Å². The summed E-state index contributed by atoms with van der Waals surface area (Å²) in [6.45, 7) is 2.11. The molecule has 0 aliphatic carbocycles. The van der Waals surface area contributed by atoms with Gasteiger partial charge >= 0.3 is 11.9 Å². The monoisotopic (exact) mass is 312 g/mol. The maximum Gasteiger partial charge on any atom is 0.331 e. The van der Waals surface area contributed by atoms with Crippen molar-refractivity contribution in [1.82, 2.24) is 0 Å². The minimum atomic E-state index is -0.769. The summed E-state index contributed by atoms with van der Waals surface area (Å²) in [5, 5.41) is 17.6. The molecule has 0 radical (unpaired) electrons. The molecule has 0 spiro atoms. The van der Waals surface area contributed by atoms with Crippen molar-refractivity contribution in [1.29, 1.82) is 0 Å². The number of carboxylic acids is 2. The average molecular weight is 312 g/mol. The minimum Gasteiger partial charge on any atom is -0.481 e. The van der Waals surface area contributed by atoms with Gasteiger partial charge < -0.3 is 10.2 Å². The lowest BCUT2D eigenvalue weighted by Gasteiger charge is -2.04. The topological polar surface area (TPSA) is 74.6 Å². The average Bonchev–Trinajstić information content (AvgIpc) is 2.46. The third kappa shape index (κ3) is 13.7. The Kier molecular flexibility index (Phi) is 13.7. The molecule has 0 amide bonds. The van der Waals surface area contributed by atoms with E-state index in [-0.39, 0.29) is 6.42 Å². The van der Waals surface area contributed by atoms with Gasteiger partial charge in [-0.1, -0.05) is 64.4 Å². The number of hydrogen-bond donors (Lipinski definition) is 2. The first kappa shape index (κ1) is 20.7. The highest BCUT2D eigenvalue weighted by molar-refractivity contribution is 5.86. The number of allylic oxidation sites excluding steroid dienone is 1. The fourth-order valence-electron chi connectivity index (χ4n) is 2.43. The molecule has 0 rings (SSSR count). The summed E-state index contributed by atoms with van der Waals surface area (Å²) >= 11 is 0. The van der Waals surface area contributed by atoms with Crippen molar-refractivity contribution in [3.05, 3.63) is 11.6 Å². The number of rotatable bonds is 15. The molecule has 0 aromatic rings. The fourth-order valence-corrected chi connectivity index (χ4v) is 2.43. The summed E-state index contributed by atoms with van der Waals surface area (Å²) in [6, 6.07) is 0. The normalized spacial score (nSPS) is 11.6. The first-order valence-corrected chi connectivity index (χ1v) is 8.72. The molecule has 2 N–H and O–H groups in total. The van der Waals surface area contributed by atoms with Crippen LogP contribution in [0.1, 0.15) is 90.4 Å². The van der Waals surface area contributed by atoms with Crippen molar-refractivity contribution in [3.63, 3.8) is 0 Å². The van der Waals surface area contributed by atoms with Crippen LogP contribution in [-0.4, -0.2) is 22.2 Å². The van der Waals surface area contributed by atoms with Gasteiger partial charge in [-0.25, -0.2) is 4.79 Å². The molecule has 128 valence electrons. The third-order valence-electron chi connectivity index (χ3n) is 3.81. The Balaban J connectivity index is 3.51. The molecule has 4 nitrogen and oxygen atoms in total. The molecule has 0 saturated heterocycles. The van der Waals surface area contributed by atoms with Gasteiger partial charge in [0.05, 0.1) is 0 Å². The fraction of sp³-hybridized carbons (Fsp3) is 0.778. The Morgan fingerprint density at radius 3 is 1.73 bits per heavy atom. The highest BCUT2D eigenvalue weighted by atomic mass is 16.4. The summed E-state index contributed by atoms with van der Waals surface area (Å²) < 4.78 is 0. The van der Waals surface area contributed by atoms with E-state index in [4.69, 9.17) is 10.2 Å². The van der Waals surface area contributed by atoms with E-state index in [0.29, 0.717) is 12.0 Å². The molecule has 0 aromatic heterocycles. The van der Waals surface area contributed by atoms with Crippen LogP contribution >= 0.6 is 0 Å². The molecule has 0 aromatic carbocycles. The molecule has 0 bridgehead atoms. The van der Waals surface area contributed by atoms with E-state index in [1.165, 1.54) is 0 Å². The molecule has 22 heavy (non-hydrogen) atoms. The quantitative estimate of drug-likeness (QED) is 0.323. The Bertz CT molecular complexity index is 334. The Labute approximate surface area is 134 Å².